The van der Waals surface area contributed by atoms with Gasteiger partial charge in [-0.1, -0.05) is 48.5 Å². The molecule has 0 fully saturated rings. The van der Waals surface area contributed by atoms with Crippen LogP contribution in [-0.4, -0.2) is 39.2 Å². The molecule has 0 bridgehead atoms. The van der Waals surface area contributed by atoms with Crippen molar-refractivity contribution in [2.24, 2.45) is 0 Å². The lowest BCUT2D eigenvalue weighted by molar-refractivity contribution is 0.261. The maximum atomic E-state index is 6.03. The van der Waals surface area contributed by atoms with E-state index in [2.05, 4.69) is 104 Å². The van der Waals surface area contributed by atoms with Gasteiger partial charge in [-0.3, -0.25) is 0 Å². The van der Waals surface area contributed by atoms with E-state index in [1.807, 2.05) is 0 Å². The average Bonchev–Trinajstić information content (AvgIpc) is 2.69. The number of para-hydroxylation sites is 1. The van der Waals surface area contributed by atoms with Gasteiger partial charge in [-0.05, 0) is 55.1 Å². The van der Waals surface area contributed by atoms with Gasteiger partial charge in [0.2, 0.25) is 0 Å². The van der Waals surface area contributed by atoms with E-state index in [0.29, 0.717) is 6.61 Å². The lowest BCUT2D eigenvalue weighted by Gasteiger charge is -2.36. The molecule has 3 aromatic rings. The number of hydrogen-bond donors (Lipinski definition) is 0. The molecule has 1 aliphatic rings. The van der Waals surface area contributed by atoms with Crippen molar-refractivity contribution in [2.45, 2.75) is 5.92 Å². The molecule has 1 atom stereocenters. The van der Waals surface area contributed by atoms with Crippen molar-refractivity contribution in [1.29, 1.82) is 0 Å². The summed E-state index contributed by atoms with van der Waals surface area (Å²) in [6.45, 7) is 1.59. The number of likely N-dealkylation sites (N-methyl/N-ethyl adjacent to an activating group) is 1. The van der Waals surface area contributed by atoms with E-state index in [1.165, 1.54) is 28.1 Å². The summed E-state index contributed by atoms with van der Waals surface area (Å²) in [6, 6.07) is 25.9. The van der Waals surface area contributed by atoms with Crippen LogP contribution >= 0.6 is 0 Å². The highest BCUT2D eigenvalue weighted by Gasteiger charge is 2.30. The first-order chi connectivity index (χ1) is 13.1. The molecule has 138 valence electrons. The van der Waals surface area contributed by atoms with Crippen LogP contribution in [-0.2, 0) is 0 Å². The van der Waals surface area contributed by atoms with E-state index in [9.17, 15) is 0 Å². The fourth-order valence-electron chi connectivity index (χ4n) is 3.84. The van der Waals surface area contributed by atoms with Crippen LogP contribution in [0.4, 0.5) is 11.4 Å². The second-order valence-corrected chi connectivity index (χ2v) is 7.33. The van der Waals surface area contributed by atoms with Crippen LogP contribution in [0.2, 0.25) is 0 Å². The summed E-state index contributed by atoms with van der Waals surface area (Å²) in [7, 11) is 6.27. The van der Waals surface area contributed by atoms with Crippen LogP contribution in [0.15, 0.2) is 72.8 Å². The summed E-state index contributed by atoms with van der Waals surface area (Å²) in [5, 5.41) is 0. The van der Waals surface area contributed by atoms with Gasteiger partial charge in [0, 0.05) is 30.9 Å². The normalized spacial score (nSPS) is 15.4. The smallest absolute Gasteiger partial charge is 0.119 e. The first-order valence-electron chi connectivity index (χ1n) is 9.44. The monoisotopic (exact) mass is 358 g/mol. The molecule has 27 heavy (non-hydrogen) atoms. The van der Waals surface area contributed by atoms with E-state index >= 15 is 0 Å². The quantitative estimate of drug-likeness (QED) is 0.646. The van der Waals surface area contributed by atoms with Crippen LogP contribution in [0.5, 0.6) is 5.75 Å². The van der Waals surface area contributed by atoms with E-state index < -0.39 is 0 Å². The summed E-state index contributed by atoms with van der Waals surface area (Å²) in [5.41, 5.74) is 6.45. The average molecular weight is 358 g/mol. The Morgan fingerprint density at radius 3 is 2.33 bits per heavy atom. The van der Waals surface area contributed by atoms with Crippen LogP contribution < -0.4 is 9.64 Å². The van der Waals surface area contributed by atoms with Crippen molar-refractivity contribution in [3.63, 3.8) is 0 Å². The van der Waals surface area contributed by atoms with Crippen molar-refractivity contribution in [1.82, 2.24) is 4.90 Å². The molecule has 0 radical (unpaired) electrons. The molecular formula is C24H26N2O. The SMILES string of the molecule is CN(C)CCOc1ccc2c(c1)C(c1ccccc1)c1ccccc1N2C. The van der Waals surface area contributed by atoms with Gasteiger partial charge in [0.05, 0.1) is 0 Å². The Morgan fingerprint density at radius 1 is 0.852 bits per heavy atom. The van der Waals surface area contributed by atoms with Crippen molar-refractivity contribution >= 4 is 11.4 Å². The molecule has 3 heteroatoms. The molecule has 0 N–H and O–H groups in total. The predicted octanol–water partition coefficient (Wildman–Crippen LogP) is 4.89. The van der Waals surface area contributed by atoms with Crippen molar-refractivity contribution in [3.8, 4) is 5.75 Å². The zero-order valence-electron chi connectivity index (χ0n) is 16.2. The van der Waals surface area contributed by atoms with Crippen LogP contribution in [0.3, 0.4) is 0 Å². The number of ether oxygens (including phenoxy) is 1. The molecule has 3 aromatic carbocycles. The van der Waals surface area contributed by atoms with Gasteiger partial charge in [0.1, 0.15) is 12.4 Å². The zero-order valence-corrected chi connectivity index (χ0v) is 16.2. The maximum Gasteiger partial charge on any atom is 0.119 e. The van der Waals surface area contributed by atoms with Crippen molar-refractivity contribution < 1.29 is 4.74 Å². The van der Waals surface area contributed by atoms with Gasteiger partial charge in [-0.2, -0.15) is 0 Å². The molecule has 0 saturated carbocycles. The molecule has 0 aromatic heterocycles. The summed E-state index contributed by atoms with van der Waals surface area (Å²) < 4.78 is 6.03. The fourth-order valence-corrected chi connectivity index (χ4v) is 3.84. The molecule has 0 spiro atoms. The van der Waals surface area contributed by atoms with Gasteiger partial charge >= 0.3 is 0 Å². The predicted molar refractivity (Wildman–Crippen MR) is 112 cm³/mol. The molecule has 3 nitrogen and oxygen atoms in total. The third-order valence-corrected chi connectivity index (χ3v) is 5.22. The molecular weight excluding hydrogens is 332 g/mol. The number of nitrogens with zero attached hydrogens (tertiary/aromatic N) is 2. The minimum Gasteiger partial charge on any atom is -0.492 e. The third kappa shape index (κ3) is 3.43. The second kappa shape index (κ2) is 7.45. The Balaban J connectivity index is 1.78. The fraction of sp³-hybridized carbons (Fsp3) is 0.250. The third-order valence-electron chi connectivity index (χ3n) is 5.22. The van der Waals surface area contributed by atoms with Gasteiger partial charge < -0.3 is 14.5 Å². The Hall–Kier alpha value is -2.78. The summed E-state index contributed by atoms with van der Waals surface area (Å²) in [5.74, 6) is 1.15. The molecule has 0 saturated heterocycles. The van der Waals surface area contributed by atoms with Gasteiger partial charge in [0.25, 0.3) is 0 Å². The zero-order chi connectivity index (χ0) is 18.8. The number of anilines is 2. The minimum absolute atomic E-state index is 0.214. The van der Waals surface area contributed by atoms with E-state index in [-0.39, 0.29) is 5.92 Å². The second-order valence-electron chi connectivity index (χ2n) is 7.33. The van der Waals surface area contributed by atoms with Gasteiger partial charge in [-0.25, -0.2) is 0 Å². The standard InChI is InChI=1S/C24H26N2O/c1-25(2)15-16-27-19-13-14-23-21(17-19)24(18-9-5-4-6-10-18)20-11-7-8-12-22(20)26(23)3/h4-14,17,24H,15-16H2,1-3H3. The van der Waals surface area contributed by atoms with E-state index in [0.717, 1.165) is 12.3 Å². The highest BCUT2D eigenvalue weighted by molar-refractivity contribution is 5.78. The van der Waals surface area contributed by atoms with Crippen molar-refractivity contribution in [2.75, 3.05) is 39.2 Å². The van der Waals surface area contributed by atoms with Crippen molar-refractivity contribution in [3.05, 3.63) is 89.5 Å². The number of fused-ring (bicyclic) bond motifs is 2. The summed E-state index contributed by atoms with van der Waals surface area (Å²) in [4.78, 5) is 4.42. The van der Waals surface area contributed by atoms with E-state index in [4.69, 9.17) is 4.74 Å². The lowest BCUT2D eigenvalue weighted by atomic mass is 9.80. The lowest BCUT2D eigenvalue weighted by Crippen LogP contribution is -2.23. The highest BCUT2D eigenvalue weighted by Crippen LogP contribution is 2.48. The molecule has 0 aliphatic carbocycles. The van der Waals surface area contributed by atoms with Gasteiger partial charge in [-0.15, -0.1) is 0 Å². The van der Waals surface area contributed by atoms with Crippen LogP contribution in [0, 0.1) is 0 Å². The minimum atomic E-state index is 0.214. The maximum absolute atomic E-state index is 6.03. The first kappa shape index (κ1) is 17.6. The van der Waals surface area contributed by atoms with Crippen LogP contribution in [0.1, 0.15) is 22.6 Å². The topological polar surface area (TPSA) is 15.7 Å². The molecule has 1 unspecified atom stereocenters. The van der Waals surface area contributed by atoms with Gasteiger partial charge in [0.15, 0.2) is 0 Å². The van der Waals surface area contributed by atoms with E-state index in [1.54, 1.807) is 0 Å². The Bertz CT molecular complexity index is 921. The Kier molecular flexibility index (Phi) is 4.87. The molecule has 1 heterocycles. The Labute approximate surface area is 161 Å². The first-order valence-corrected chi connectivity index (χ1v) is 9.44. The number of benzene rings is 3. The molecule has 0 amide bonds. The number of rotatable bonds is 5. The molecule has 4 rings (SSSR count). The highest BCUT2D eigenvalue weighted by atomic mass is 16.5. The Morgan fingerprint density at radius 2 is 1.56 bits per heavy atom. The summed E-state index contributed by atoms with van der Waals surface area (Å²) >= 11 is 0. The summed E-state index contributed by atoms with van der Waals surface area (Å²) in [6.07, 6.45) is 0. The van der Waals surface area contributed by atoms with Crippen LogP contribution in [0.25, 0.3) is 0 Å². The largest absolute Gasteiger partial charge is 0.492 e. The number of hydrogen-bond acceptors (Lipinski definition) is 3. The molecule has 1 aliphatic heterocycles.